The average molecular weight is 208 g/mol. The van der Waals surface area contributed by atoms with Crippen molar-refractivity contribution in [1.82, 2.24) is 0 Å². The van der Waals surface area contributed by atoms with Crippen LogP contribution in [-0.4, -0.2) is 5.78 Å². The third-order valence-electron chi connectivity index (χ3n) is 1.71. The van der Waals surface area contributed by atoms with E-state index in [2.05, 4.69) is 0 Å². The molecule has 0 unspecified atom stereocenters. The molecular formula is C10H8OS2. The first-order valence-electron chi connectivity index (χ1n) is 3.92. The van der Waals surface area contributed by atoms with E-state index in [1.54, 1.807) is 11.3 Å². The molecule has 2 heterocycles. The summed E-state index contributed by atoms with van der Waals surface area (Å²) in [5, 5.41) is 1.92. The maximum absolute atomic E-state index is 11.7. The van der Waals surface area contributed by atoms with E-state index in [1.165, 1.54) is 16.2 Å². The van der Waals surface area contributed by atoms with Crippen LogP contribution in [0.4, 0.5) is 0 Å². The molecule has 0 aliphatic carbocycles. The van der Waals surface area contributed by atoms with E-state index in [0.717, 1.165) is 9.75 Å². The molecule has 0 saturated heterocycles. The van der Waals surface area contributed by atoms with Gasteiger partial charge in [-0.15, -0.1) is 22.7 Å². The minimum atomic E-state index is 0.146. The summed E-state index contributed by atoms with van der Waals surface area (Å²) in [6, 6.07) is 7.63. The number of carbonyl (C=O) groups excluding carboxylic acids is 1. The molecule has 0 atom stereocenters. The van der Waals surface area contributed by atoms with Gasteiger partial charge in [0.2, 0.25) is 5.78 Å². The molecule has 3 heteroatoms. The van der Waals surface area contributed by atoms with E-state index >= 15 is 0 Å². The number of thiophene rings is 2. The number of rotatable bonds is 2. The molecule has 1 nitrogen and oxygen atoms in total. The first-order valence-corrected chi connectivity index (χ1v) is 5.61. The summed E-state index contributed by atoms with van der Waals surface area (Å²) in [5.41, 5.74) is 0. The zero-order valence-corrected chi connectivity index (χ0v) is 8.74. The molecule has 0 bridgehead atoms. The Hall–Kier alpha value is -0.930. The van der Waals surface area contributed by atoms with Crippen LogP contribution in [0.25, 0.3) is 0 Å². The van der Waals surface area contributed by atoms with E-state index < -0.39 is 0 Å². The van der Waals surface area contributed by atoms with Crippen molar-refractivity contribution < 1.29 is 4.79 Å². The van der Waals surface area contributed by atoms with Gasteiger partial charge in [0.25, 0.3) is 0 Å². The summed E-state index contributed by atoms with van der Waals surface area (Å²) in [4.78, 5) is 14.6. The zero-order valence-electron chi connectivity index (χ0n) is 7.11. The number of carbonyl (C=O) groups is 1. The summed E-state index contributed by atoms with van der Waals surface area (Å²) >= 11 is 3.04. The molecule has 2 aromatic heterocycles. The smallest absolute Gasteiger partial charge is 0.212 e. The molecule has 0 N–H and O–H groups in total. The van der Waals surface area contributed by atoms with Gasteiger partial charge < -0.3 is 0 Å². The molecule has 13 heavy (non-hydrogen) atoms. The molecule has 0 amide bonds. The maximum Gasteiger partial charge on any atom is 0.212 e. The van der Waals surface area contributed by atoms with E-state index in [0.29, 0.717) is 0 Å². The molecule has 2 rings (SSSR count). The summed E-state index contributed by atoms with van der Waals surface area (Å²) in [6.45, 7) is 2.01. The second kappa shape index (κ2) is 3.44. The van der Waals surface area contributed by atoms with Crippen LogP contribution in [0.3, 0.4) is 0 Å². The maximum atomic E-state index is 11.7. The van der Waals surface area contributed by atoms with Crippen LogP contribution in [0.1, 0.15) is 19.4 Å². The van der Waals surface area contributed by atoms with Crippen LogP contribution >= 0.6 is 22.7 Å². The Balaban J connectivity index is 2.33. The van der Waals surface area contributed by atoms with Crippen molar-refractivity contribution in [2.75, 3.05) is 0 Å². The fourth-order valence-corrected chi connectivity index (χ4v) is 2.65. The van der Waals surface area contributed by atoms with E-state index in [1.807, 2.05) is 36.6 Å². The van der Waals surface area contributed by atoms with Gasteiger partial charge in [-0.25, -0.2) is 0 Å². The third-order valence-corrected chi connectivity index (χ3v) is 3.58. The van der Waals surface area contributed by atoms with Crippen LogP contribution in [0.5, 0.6) is 0 Å². The third kappa shape index (κ3) is 1.71. The lowest BCUT2D eigenvalue weighted by atomic mass is 10.3. The first kappa shape index (κ1) is 8.66. The molecule has 0 aliphatic heterocycles. The van der Waals surface area contributed by atoms with Crippen LogP contribution in [0.2, 0.25) is 0 Å². The Labute approximate surface area is 84.7 Å². The van der Waals surface area contributed by atoms with Crippen molar-refractivity contribution in [3.8, 4) is 0 Å². The molecule has 0 aromatic carbocycles. The van der Waals surface area contributed by atoms with Gasteiger partial charge in [-0.3, -0.25) is 4.79 Å². The van der Waals surface area contributed by atoms with Crippen molar-refractivity contribution in [3.63, 3.8) is 0 Å². The monoisotopic (exact) mass is 208 g/mol. The molecule has 2 aromatic rings. The van der Waals surface area contributed by atoms with Gasteiger partial charge in [-0.05, 0) is 30.5 Å². The topological polar surface area (TPSA) is 17.1 Å². The summed E-state index contributed by atoms with van der Waals surface area (Å²) in [6.07, 6.45) is 0. The highest BCUT2D eigenvalue weighted by molar-refractivity contribution is 7.16. The van der Waals surface area contributed by atoms with E-state index in [4.69, 9.17) is 0 Å². The molecule has 66 valence electrons. The highest BCUT2D eigenvalue weighted by Gasteiger charge is 2.10. The highest BCUT2D eigenvalue weighted by atomic mass is 32.1. The molecule has 0 fully saturated rings. The van der Waals surface area contributed by atoms with Crippen molar-refractivity contribution in [2.24, 2.45) is 0 Å². The summed E-state index contributed by atoms with van der Waals surface area (Å²) in [7, 11) is 0. The molecule has 0 radical (unpaired) electrons. The average Bonchev–Trinajstić information content (AvgIpc) is 2.72. The minimum Gasteiger partial charge on any atom is -0.287 e. The van der Waals surface area contributed by atoms with Crippen molar-refractivity contribution in [1.29, 1.82) is 0 Å². The van der Waals surface area contributed by atoms with Gasteiger partial charge in [-0.1, -0.05) is 6.07 Å². The fourth-order valence-electron chi connectivity index (χ4n) is 1.09. The van der Waals surface area contributed by atoms with Gasteiger partial charge >= 0.3 is 0 Å². The van der Waals surface area contributed by atoms with Crippen LogP contribution in [0.15, 0.2) is 29.6 Å². The fraction of sp³-hybridized carbons (Fsp3) is 0.100. The van der Waals surface area contributed by atoms with Crippen molar-refractivity contribution >= 4 is 28.5 Å². The van der Waals surface area contributed by atoms with Gasteiger partial charge in [-0.2, -0.15) is 0 Å². The van der Waals surface area contributed by atoms with Crippen LogP contribution in [0, 0.1) is 6.92 Å². The highest BCUT2D eigenvalue weighted by Crippen LogP contribution is 2.21. The van der Waals surface area contributed by atoms with Gasteiger partial charge in [0.05, 0.1) is 9.75 Å². The Bertz CT molecular complexity index is 412. The van der Waals surface area contributed by atoms with Crippen LogP contribution < -0.4 is 0 Å². The Morgan fingerprint density at radius 2 is 2.08 bits per heavy atom. The molecule has 0 aliphatic rings. The number of hydrogen-bond acceptors (Lipinski definition) is 3. The minimum absolute atomic E-state index is 0.146. The predicted molar refractivity (Wildman–Crippen MR) is 56.8 cm³/mol. The normalized spacial score (nSPS) is 10.2. The Morgan fingerprint density at radius 1 is 1.23 bits per heavy atom. The first-order chi connectivity index (χ1) is 6.27. The van der Waals surface area contributed by atoms with E-state index in [-0.39, 0.29) is 5.78 Å². The molecular weight excluding hydrogens is 200 g/mol. The lowest BCUT2D eigenvalue weighted by molar-refractivity contribution is 0.104. The quantitative estimate of drug-likeness (QED) is 0.692. The largest absolute Gasteiger partial charge is 0.287 e. The van der Waals surface area contributed by atoms with E-state index in [9.17, 15) is 4.79 Å². The summed E-state index contributed by atoms with van der Waals surface area (Å²) < 4.78 is 0. The standard InChI is InChI=1S/C10H8OS2/c1-7-4-5-9(13-7)10(11)8-3-2-6-12-8/h2-6H,1H3. The van der Waals surface area contributed by atoms with Gasteiger partial charge in [0.15, 0.2) is 0 Å². The summed E-state index contributed by atoms with van der Waals surface area (Å²) in [5.74, 6) is 0.146. The van der Waals surface area contributed by atoms with Crippen molar-refractivity contribution in [2.45, 2.75) is 6.92 Å². The van der Waals surface area contributed by atoms with Gasteiger partial charge in [0.1, 0.15) is 0 Å². The Kier molecular flexibility index (Phi) is 2.29. The number of ketones is 1. The second-order valence-electron chi connectivity index (χ2n) is 2.72. The zero-order chi connectivity index (χ0) is 9.26. The SMILES string of the molecule is Cc1ccc(C(=O)c2cccs2)s1. The molecule has 0 saturated carbocycles. The lowest BCUT2D eigenvalue weighted by Crippen LogP contribution is -1.93. The second-order valence-corrected chi connectivity index (χ2v) is 4.95. The van der Waals surface area contributed by atoms with Gasteiger partial charge in [0, 0.05) is 4.88 Å². The number of hydrogen-bond donors (Lipinski definition) is 0. The molecule has 0 spiro atoms. The lowest BCUT2D eigenvalue weighted by Gasteiger charge is -1.90. The van der Waals surface area contributed by atoms with Crippen molar-refractivity contribution in [3.05, 3.63) is 44.3 Å². The predicted octanol–water partition coefficient (Wildman–Crippen LogP) is 3.35. The van der Waals surface area contributed by atoms with Crippen LogP contribution in [-0.2, 0) is 0 Å². The Morgan fingerprint density at radius 3 is 2.62 bits per heavy atom. The number of aryl methyl sites for hydroxylation is 1.